The van der Waals surface area contributed by atoms with Gasteiger partial charge in [0.2, 0.25) is 5.91 Å². The third-order valence-electron chi connectivity index (χ3n) is 4.21. The standard InChI is InChI=1S/C17H22N4O2/c1-23-16-5-3-2-4-14(16)15-11-21(9-8-19-15)17(22)7-6-13-10-18-12-20-13/h2-5,10,12,15,19H,6-9,11H2,1H3,(H,18,20). The van der Waals surface area contributed by atoms with E-state index in [1.807, 2.05) is 23.1 Å². The first-order valence-electron chi connectivity index (χ1n) is 7.89. The van der Waals surface area contributed by atoms with Crippen LogP contribution in [0.4, 0.5) is 0 Å². The van der Waals surface area contributed by atoms with E-state index in [1.54, 1.807) is 19.6 Å². The molecule has 1 unspecified atom stereocenters. The van der Waals surface area contributed by atoms with E-state index >= 15 is 0 Å². The number of amides is 1. The van der Waals surface area contributed by atoms with Crippen LogP contribution in [0, 0.1) is 0 Å². The Morgan fingerprint density at radius 2 is 2.30 bits per heavy atom. The SMILES string of the molecule is COc1ccccc1C1CN(C(=O)CCc2cnc[nH]2)CCN1. The van der Waals surface area contributed by atoms with Crippen LogP contribution >= 0.6 is 0 Å². The number of carbonyl (C=O) groups is 1. The number of aromatic amines is 1. The van der Waals surface area contributed by atoms with Gasteiger partial charge in [0.05, 0.1) is 19.5 Å². The minimum Gasteiger partial charge on any atom is -0.496 e. The number of methoxy groups -OCH3 is 1. The van der Waals surface area contributed by atoms with Gasteiger partial charge in [-0.25, -0.2) is 4.98 Å². The monoisotopic (exact) mass is 314 g/mol. The molecule has 2 heterocycles. The van der Waals surface area contributed by atoms with Crippen LogP contribution in [0.3, 0.4) is 0 Å². The lowest BCUT2D eigenvalue weighted by Gasteiger charge is -2.34. The summed E-state index contributed by atoms with van der Waals surface area (Å²) in [7, 11) is 1.68. The van der Waals surface area contributed by atoms with E-state index in [2.05, 4.69) is 21.4 Å². The number of ether oxygens (including phenoxy) is 1. The molecular formula is C17H22N4O2. The van der Waals surface area contributed by atoms with Crippen LogP contribution in [0.1, 0.15) is 23.7 Å². The molecule has 6 heteroatoms. The predicted molar refractivity (Wildman–Crippen MR) is 87.2 cm³/mol. The van der Waals surface area contributed by atoms with Crippen molar-refractivity contribution in [3.8, 4) is 5.75 Å². The molecule has 1 saturated heterocycles. The Hall–Kier alpha value is -2.34. The number of piperazine rings is 1. The van der Waals surface area contributed by atoms with Gasteiger partial charge >= 0.3 is 0 Å². The van der Waals surface area contributed by atoms with Gasteiger partial charge in [-0.15, -0.1) is 0 Å². The number of aromatic nitrogens is 2. The highest BCUT2D eigenvalue weighted by molar-refractivity contribution is 5.76. The van der Waals surface area contributed by atoms with Crippen LogP contribution in [-0.2, 0) is 11.2 Å². The van der Waals surface area contributed by atoms with Crippen molar-refractivity contribution < 1.29 is 9.53 Å². The zero-order valence-electron chi connectivity index (χ0n) is 13.3. The van der Waals surface area contributed by atoms with Crippen molar-refractivity contribution >= 4 is 5.91 Å². The van der Waals surface area contributed by atoms with Gasteiger partial charge in [0, 0.05) is 43.5 Å². The highest BCUT2D eigenvalue weighted by Gasteiger charge is 2.25. The molecule has 6 nitrogen and oxygen atoms in total. The number of nitrogens with one attached hydrogen (secondary N) is 2. The van der Waals surface area contributed by atoms with Gasteiger partial charge in [0.25, 0.3) is 0 Å². The van der Waals surface area contributed by atoms with Gasteiger partial charge < -0.3 is 19.9 Å². The minimum atomic E-state index is 0.107. The molecule has 23 heavy (non-hydrogen) atoms. The van der Waals surface area contributed by atoms with Crippen molar-refractivity contribution in [1.82, 2.24) is 20.2 Å². The van der Waals surface area contributed by atoms with Crippen molar-refractivity contribution in [2.24, 2.45) is 0 Å². The van der Waals surface area contributed by atoms with Gasteiger partial charge in [-0.3, -0.25) is 4.79 Å². The van der Waals surface area contributed by atoms with E-state index in [1.165, 1.54) is 0 Å². The maximum Gasteiger partial charge on any atom is 0.223 e. The molecule has 0 aliphatic carbocycles. The van der Waals surface area contributed by atoms with Crippen LogP contribution in [0.15, 0.2) is 36.8 Å². The molecule has 122 valence electrons. The summed E-state index contributed by atoms with van der Waals surface area (Å²) < 4.78 is 5.44. The van der Waals surface area contributed by atoms with Crippen molar-refractivity contribution in [2.45, 2.75) is 18.9 Å². The van der Waals surface area contributed by atoms with Crippen LogP contribution < -0.4 is 10.1 Å². The van der Waals surface area contributed by atoms with Crippen molar-refractivity contribution in [3.63, 3.8) is 0 Å². The summed E-state index contributed by atoms with van der Waals surface area (Å²) in [4.78, 5) is 21.4. The lowest BCUT2D eigenvalue weighted by atomic mass is 10.0. The number of rotatable bonds is 5. The van der Waals surface area contributed by atoms with Crippen LogP contribution in [-0.4, -0.2) is 47.5 Å². The van der Waals surface area contributed by atoms with E-state index in [-0.39, 0.29) is 11.9 Å². The fourth-order valence-corrected chi connectivity index (χ4v) is 2.96. The Labute approximate surface area is 135 Å². The highest BCUT2D eigenvalue weighted by Crippen LogP contribution is 2.27. The number of carbonyl (C=O) groups excluding carboxylic acids is 1. The number of hydrogen-bond donors (Lipinski definition) is 2. The smallest absolute Gasteiger partial charge is 0.223 e. The zero-order valence-corrected chi connectivity index (χ0v) is 13.3. The molecule has 1 aliphatic heterocycles. The Bertz CT molecular complexity index is 642. The van der Waals surface area contributed by atoms with Crippen LogP contribution in [0.25, 0.3) is 0 Å². The third kappa shape index (κ3) is 3.71. The molecule has 0 saturated carbocycles. The average molecular weight is 314 g/mol. The number of para-hydroxylation sites is 1. The molecule has 1 aromatic carbocycles. The van der Waals surface area contributed by atoms with E-state index in [4.69, 9.17) is 4.74 Å². The van der Waals surface area contributed by atoms with Crippen LogP contribution in [0.2, 0.25) is 0 Å². The fourth-order valence-electron chi connectivity index (χ4n) is 2.96. The first-order valence-corrected chi connectivity index (χ1v) is 7.89. The predicted octanol–water partition coefficient (Wildman–Crippen LogP) is 1.52. The summed E-state index contributed by atoms with van der Waals surface area (Å²) in [6.45, 7) is 2.20. The third-order valence-corrected chi connectivity index (χ3v) is 4.21. The van der Waals surface area contributed by atoms with E-state index in [9.17, 15) is 4.79 Å². The quantitative estimate of drug-likeness (QED) is 0.878. The normalized spacial score (nSPS) is 18.0. The average Bonchev–Trinajstić information content (AvgIpc) is 3.13. The number of H-pyrrole nitrogens is 1. The van der Waals surface area contributed by atoms with Gasteiger partial charge in [-0.1, -0.05) is 18.2 Å². The van der Waals surface area contributed by atoms with Gasteiger partial charge in [0.1, 0.15) is 5.75 Å². The minimum absolute atomic E-state index is 0.107. The molecule has 1 aromatic heterocycles. The Morgan fingerprint density at radius 1 is 1.43 bits per heavy atom. The topological polar surface area (TPSA) is 70.2 Å². The van der Waals surface area contributed by atoms with Crippen molar-refractivity contribution in [1.29, 1.82) is 0 Å². The second-order valence-electron chi connectivity index (χ2n) is 5.67. The van der Waals surface area contributed by atoms with E-state index < -0.39 is 0 Å². The van der Waals surface area contributed by atoms with Crippen LogP contribution in [0.5, 0.6) is 5.75 Å². The summed E-state index contributed by atoms with van der Waals surface area (Å²) in [5.74, 6) is 1.04. The van der Waals surface area contributed by atoms with E-state index in [0.29, 0.717) is 19.4 Å². The largest absolute Gasteiger partial charge is 0.496 e. The second-order valence-corrected chi connectivity index (χ2v) is 5.67. The maximum atomic E-state index is 12.5. The molecule has 0 radical (unpaired) electrons. The molecular weight excluding hydrogens is 292 g/mol. The summed E-state index contributed by atoms with van der Waals surface area (Å²) >= 11 is 0. The molecule has 1 amide bonds. The molecule has 2 N–H and O–H groups in total. The number of benzene rings is 1. The number of nitrogens with zero attached hydrogens (tertiary/aromatic N) is 2. The lowest BCUT2D eigenvalue weighted by molar-refractivity contribution is -0.132. The molecule has 2 aromatic rings. The van der Waals surface area contributed by atoms with E-state index in [0.717, 1.165) is 30.1 Å². The van der Waals surface area contributed by atoms with Gasteiger partial charge in [0.15, 0.2) is 0 Å². The Morgan fingerprint density at radius 3 is 3.09 bits per heavy atom. The van der Waals surface area contributed by atoms with Crippen molar-refractivity contribution in [2.75, 3.05) is 26.7 Å². The lowest BCUT2D eigenvalue weighted by Crippen LogP contribution is -2.48. The molecule has 0 spiro atoms. The summed E-state index contributed by atoms with van der Waals surface area (Å²) in [5, 5.41) is 3.47. The Kier molecular flexibility index (Phi) is 4.92. The highest BCUT2D eigenvalue weighted by atomic mass is 16.5. The maximum absolute atomic E-state index is 12.5. The summed E-state index contributed by atoms with van der Waals surface area (Å²) in [6.07, 6.45) is 4.61. The fraction of sp³-hybridized carbons (Fsp3) is 0.412. The first-order chi connectivity index (χ1) is 11.3. The Balaban J connectivity index is 1.62. The summed E-state index contributed by atoms with van der Waals surface area (Å²) in [6, 6.07) is 8.07. The number of aryl methyl sites for hydroxylation is 1. The molecule has 1 aliphatic rings. The van der Waals surface area contributed by atoms with Crippen molar-refractivity contribution in [3.05, 3.63) is 48.0 Å². The number of imidazole rings is 1. The molecule has 1 atom stereocenters. The first kappa shape index (κ1) is 15.6. The molecule has 0 bridgehead atoms. The number of hydrogen-bond acceptors (Lipinski definition) is 4. The second kappa shape index (κ2) is 7.28. The van der Waals surface area contributed by atoms with Gasteiger partial charge in [-0.2, -0.15) is 0 Å². The van der Waals surface area contributed by atoms with Gasteiger partial charge in [-0.05, 0) is 12.5 Å². The zero-order chi connectivity index (χ0) is 16.1. The summed E-state index contributed by atoms with van der Waals surface area (Å²) in [5.41, 5.74) is 2.09. The molecule has 1 fully saturated rings. The molecule has 3 rings (SSSR count).